The fraction of sp³-hybridized carbons (Fsp3) is 0. The smallest absolute Gasteiger partial charge is 0.319 e. The van der Waals surface area contributed by atoms with Crippen LogP contribution in [0.2, 0.25) is 0 Å². The Kier molecular flexibility index (Phi) is 14.2. The van der Waals surface area contributed by atoms with Crippen molar-refractivity contribution in [2.45, 2.75) is 9.79 Å². The molecule has 0 aliphatic rings. The maximum absolute atomic E-state index is 12.4. The Balaban J connectivity index is 0.00000435. The van der Waals surface area contributed by atoms with E-state index in [0.717, 1.165) is 24.3 Å². The van der Waals surface area contributed by atoms with E-state index in [1.807, 2.05) is 0 Å². The number of phenolic OH excluding ortho intramolecular Hbond substituents is 4. The number of nitro groups is 3. The first-order chi connectivity index (χ1) is 25.6. The summed E-state index contributed by atoms with van der Waals surface area (Å²) in [6, 6.07) is 9.02. The van der Waals surface area contributed by atoms with Crippen LogP contribution < -0.4 is 0 Å². The number of azo groups is 3. The van der Waals surface area contributed by atoms with Crippen molar-refractivity contribution in [2.75, 3.05) is 0 Å². The zero-order valence-electron chi connectivity index (χ0n) is 28.5. The van der Waals surface area contributed by atoms with Gasteiger partial charge in [-0.25, -0.2) is 0 Å². The molecule has 2 radical (unpaired) electrons. The van der Waals surface area contributed by atoms with Crippen molar-refractivity contribution in [1.29, 1.82) is 0 Å². The molecule has 0 unspecified atom stereocenters. The van der Waals surface area contributed by atoms with Gasteiger partial charge in [0.25, 0.3) is 31.6 Å². The molecule has 29 heteroatoms. The minimum Gasteiger partial charge on any atom is -0.505 e. The van der Waals surface area contributed by atoms with Crippen LogP contribution in [0.4, 0.5) is 51.2 Å². The van der Waals surface area contributed by atoms with Crippen molar-refractivity contribution < 1.29 is 61.1 Å². The summed E-state index contributed by atoms with van der Waals surface area (Å²) in [5, 5.41) is 96.6. The molecule has 57 heavy (non-hydrogen) atoms. The number of nitro benzene ring substituents is 3. The van der Waals surface area contributed by atoms with E-state index in [4.69, 9.17) is 0 Å². The van der Waals surface area contributed by atoms with Gasteiger partial charge >= 0.3 is 5.69 Å². The minimum atomic E-state index is -5.43. The van der Waals surface area contributed by atoms with E-state index in [9.17, 15) is 76.7 Å². The molecule has 284 valence electrons. The second-order valence-electron chi connectivity index (χ2n) is 10.6. The first kappa shape index (κ1) is 45.8. The number of nitrogens with zero attached hydrogens (tertiary/aromatic N) is 9. The van der Waals surface area contributed by atoms with Gasteiger partial charge in [-0.05, 0) is 35.7 Å². The summed E-state index contributed by atoms with van der Waals surface area (Å²) in [5.74, 6) is -3.95. The Morgan fingerprint density at radius 1 is 0.526 bits per heavy atom. The van der Waals surface area contributed by atoms with Crippen LogP contribution in [0.5, 0.6) is 23.0 Å². The first-order valence-electron chi connectivity index (χ1n) is 14.2. The van der Waals surface area contributed by atoms with Crippen LogP contribution in [0.1, 0.15) is 0 Å². The maximum Gasteiger partial charge on any atom is 0.319 e. The molecule has 0 atom stereocenters. The van der Waals surface area contributed by atoms with Gasteiger partial charge in [0, 0.05) is 89.4 Å². The molecule has 6 N–H and O–H groups in total. The number of rotatable bonds is 11. The summed E-state index contributed by atoms with van der Waals surface area (Å²) in [7, 11) is -10.6. The second kappa shape index (κ2) is 17.7. The van der Waals surface area contributed by atoms with Crippen LogP contribution in [0, 0.1) is 30.3 Å². The van der Waals surface area contributed by atoms with E-state index < -0.39 is 113 Å². The van der Waals surface area contributed by atoms with Gasteiger partial charge in [-0.15, -0.1) is 25.6 Å². The fourth-order valence-corrected chi connectivity index (χ4v) is 5.74. The molecule has 0 aliphatic carbocycles. The number of benzene rings is 5. The van der Waals surface area contributed by atoms with E-state index in [0.29, 0.717) is 30.3 Å². The molecule has 5 aromatic rings. The van der Waals surface area contributed by atoms with Crippen molar-refractivity contribution in [3.05, 3.63) is 97.1 Å². The van der Waals surface area contributed by atoms with E-state index in [1.54, 1.807) is 0 Å². The SMILES string of the molecule is O=[N+]([O-])c1ccc(N=Nc2cc(N=Nc3cc(S(=O)(=O)O)cc4cc(S(=O)(=O)O)c(N=Nc5cc([N+](=O)[O-])cc([N+](=O)[O-])c5O)c(O)c34)c(O)cc2O)cc1.[Na].[Na]. The molecular weight excluding hydrogens is 828 g/mol. The van der Waals surface area contributed by atoms with Crippen LogP contribution in [-0.4, -0.2) is 120 Å². The van der Waals surface area contributed by atoms with Gasteiger partial charge in [0.1, 0.15) is 39.1 Å². The molecule has 0 amide bonds. The zero-order valence-corrected chi connectivity index (χ0v) is 34.1. The van der Waals surface area contributed by atoms with E-state index in [-0.39, 0.29) is 76.2 Å². The number of fused-ring (bicyclic) bond motifs is 1. The molecule has 0 saturated heterocycles. The van der Waals surface area contributed by atoms with Crippen molar-refractivity contribution in [1.82, 2.24) is 0 Å². The van der Waals surface area contributed by atoms with Gasteiger partial charge in [0.2, 0.25) is 5.75 Å². The molecule has 25 nitrogen and oxygen atoms in total. The van der Waals surface area contributed by atoms with Crippen LogP contribution in [0.3, 0.4) is 0 Å². The van der Waals surface area contributed by atoms with Crippen LogP contribution in [-0.2, 0) is 20.2 Å². The largest absolute Gasteiger partial charge is 0.505 e. The molecular formula is C28H17N9Na2O16S2. The third-order valence-electron chi connectivity index (χ3n) is 7.07. The van der Waals surface area contributed by atoms with Crippen LogP contribution in [0.15, 0.2) is 107 Å². The standard InChI is InChI=1S/C28H17N9O16S2.2Na/c38-22-11-23(39)18(10-17(22)30-29-13-1-3-14(4-2-13)35(42)43)31-32-19-9-16(54(48,49)50)5-12-6-24(55(51,52)53)26(28(41)25(12)19)34-33-20-7-15(36(44)45)8-21(27(20)40)37(46)47;;/h1-11,38-41H,(H,48,49,50)(H,51,52,53);;. The molecule has 0 bridgehead atoms. The third-order valence-corrected chi connectivity index (χ3v) is 8.77. The van der Waals surface area contributed by atoms with Gasteiger partial charge < -0.3 is 20.4 Å². The molecule has 5 rings (SSSR count). The fourth-order valence-electron chi connectivity index (χ4n) is 4.55. The third kappa shape index (κ3) is 10.2. The van der Waals surface area contributed by atoms with Gasteiger partial charge in [0.15, 0.2) is 5.75 Å². The number of aromatic hydroxyl groups is 4. The summed E-state index contributed by atoms with van der Waals surface area (Å²) in [6.07, 6.45) is 0. The maximum atomic E-state index is 12.4. The number of non-ortho nitro benzene ring substituents is 2. The van der Waals surface area contributed by atoms with E-state index >= 15 is 0 Å². The Morgan fingerprint density at radius 3 is 1.60 bits per heavy atom. The molecule has 0 saturated carbocycles. The molecule has 0 aliphatic heterocycles. The average Bonchev–Trinajstić information content (AvgIpc) is 3.09. The average molecular weight is 846 g/mol. The Labute approximate surface area is 360 Å². The Morgan fingerprint density at radius 2 is 1.07 bits per heavy atom. The van der Waals surface area contributed by atoms with Crippen molar-refractivity contribution in [3.63, 3.8) is 0 Å². The van der Waals surface area contributed by atoms with Gasteiger partial charge in [-0.2, -0.15) is 21.9 Å². The van der Waals surface area contributed by atoms with Crippen LogP contribution in [0.25, 0.3) is 10.8 Å². The molecule has 0 heterocycles. The number of hydrogen-bond acceptors (Lipinski definition) is 20. The zero-order chi connectivity index (χ0) is 40.6. The number of hydrogen-bond donors (Lipinski definition) is 6. The van der Waals surface area contributed by atoms with Crippen molar-refractivity contribution in [3.8, 4) is 23.0 Å². The monoisotopic (exact) mass is 845 g/mol. The minimum absolute atomic E-state index is 0. The molecule has 5 aromatic carbocycles. The van der Waals surface area contributed by atoms with Gasteiger partial charge in [-0.3, -0.25) is 39.4 Å². The summed E-state index contributed by atoms with van der Waals surface area (Å²) in [6.45, 7) is 0. The first-order valence-corrected chi connectivity index (χ1v) is 17.0. The predicted octanol–water partition coefficient (Wildman–Crippen LogP) is 6.36. The van der Waals surface area contributed by atoms with Crippen LogP contribution >= 0.6 is 0 Å². The van der Waals surface area contributed by atoms with E-state index in [2.05, 4.69) is 30.7 Å². The predicted molar refractivity (Wildman–Crippen MR) is 194 cm³/mol. The second-order valence-corrected chi connectivity index (χ2v) is 13.4. The van der Waals surface area contributed by atoms with Gasteiger partial charge in [0.05, 0.1) is 42.5 Å². The summed E-state index contributed by atoms with van der Waals surface area (Å²) < 4.78 is 68.8. The normalized spacial score (nSPS) is 11.8. The quantitative estimate of drug-likeness (QED) is 0.0276. The Bertz CT molecular complexity index is 2810. The summed E-state index contributed by atoms with van der Waals surface area (Å²) >= 11 is 0. The van der Waals surface area contributed by atoms with Crippen molar-refractivity contribution >= 4 is 141 Å². The topological polar surface area (TPSA) is 393 Å². The van der Waals surface area contributed by atoms with E-state index in [1.165, 1.54) is 12.1 Å². The summed E-state index contributed by atoms with van der Waals surface area (Å²) in [5.41, 5.74) is -6.05. The van der Waals surface area contributed by atoms with Gasteiger partial charge in [-0.1, -0.05) is 0 Å². The Hall–Kier alpha value is -5.62. The molecule has 0 fully saturated rings. The summed E-state index contributed by atoms with van der Waals surface area (Å²) in [4.78, 5) is 28.3. The molecule has 0 spiro atoms. The van der Waals surface area contributed by atoms with Crippen molar-refractivity contribution in [2.24, 2.45) is 30.7 Å². The number of phenols is 4. The molecule has 0 aromatic heterocycles.